The summed E-state index contributed by atoms with van der Waals surface area (Å²) in [6.07, 6.45) is 0.840. The number of ether oxygens (including phenoxy) is 1. The second-order valence-corrected chi connectivity index (χ2v) is 7.09. The van der Waals surface area contributed by atoms with Crippen LogP contribution in [0.1, 0.15) is 43.1 Å². The average Bonchev–Trinajstić information content (AvgIpc) is 2.55. The Morgan fingerprint density at radius 2 is 1.88 bits per heavy atom. The molecule has 0 unspecified atom stereocenters. The van der Waals surface area contributed by atoms with Crippen LogP contribution in [0.4, 0.5) is 0 Å². The largest absolute Gasteiger partial charge is 0.495 e. The first kappa shape index (κ1) is 18.3. The Bertz CT molecular complexity index is 698. The Hall–Kier alpha value is -2.00. The number of rotatable bonds is 6. The molecule has 0 aromatic heterocycles. The molecule has 0 bridgehead atoms. The molecule has 0 fully saturated rings. The topological polar surface area (TPSA) is 38.3 Å². The van der Waals surface area contributed by atoms with Crippen molar-refractivity contribution in [1.82, 2.24) is 5.32 Å². The summed E-state index contributed by atoms with van der Waals surface area (Å²) in [6, 6.07) is 15.4. The highest BCUT2D eigenvalue weighted by Gasteiger charge is 2.24. The first-order valence-electron chi connectivity index (χ1n) is 8.03. The predicted molar refractivity (Wildman–Crippen MR) is 99.0 cm³/mol. The van der Waals surface area contributed by atoms with Gasteiger partial charge in [0.15, 0.2) is 0 Å². The molecule has 0 heterocycles. The first-order chi connectivity index (χ1) is 11.3. The fourth-order valence-electron chi connectivity index (χ4n) is 2.94. The van der Waals surface area contributed by atoms with Crippen LogP contribution in [-0.2, 0) is 5.41 Å². The number of benzene rings is 2. The molecule has 4 heteroatoms. The molecule has 0 spiro atoms. The van der Waals surface area contributed by atoms with Crippen LogP contribution in [0.5, 0.6) is 5.75 Å². The number of methoxy groups -OCH3 is 1. The smallest absolute Gasteiger partial charge is 0.251 e. The second-order valence-electron chi connectivity index (χ2n) is 6.68. The molecule has 128 valence electrons. The van der Waals surface area contributed by atoms with Gasteiger partial charge in [-0.25, -0.2) is 0 Å². The van der Waals surface area contributed by atoms with E-state index in [0.717, 1.165) is 6.42 Å². The van der Waals surface area contributed by atoms with Gasteiger partial charge in [0, 0.05) is 11.6 Å². The number of halogens is 1. The Labute approximate surface area is 149 Å². The van der Waals surface area contributed by atoms with E-state index in [0.29, 0.717) is 16.3 Å². The molecule has 0 aliphatic carbocycles. The fraction of sp³-hybridized carbons (Fsp3) is 0.350. The van der Waals surface area contributed by atoms with Crippen LogP contribution in [0.25, 0.3) is 0 Å². The van der Waals surface area contributed by atoms with Gasteiger partial charge in [0.2, 0.25) is 0 Å². The molecular weight excluding hydrogens is 322 g/mol. The lowest BCUT2D eigenvalue weighted by molar-refractivity contribution is 0.0934. The van der Waals surface area contributed by atoms with Crippen LogP contribution in [-0.4, -0.2) is 19.1 Å². The highest BCUT2D eigenvalue weighted by atomic mass is 35.5. The molecule has 0 aliphatic heterocycles. The minimum Gasteiger partial charge on any atom is -0.495 e. The average molecular weight is 346 g/mol. The van der Waals surface area contributed by atoms with Gasteiger partial charge in [0.05, 0.1) is 12.1 Å². The summed E-state index contributed by atoms with van der Waals surface area (Å²) >= 11 is 6.09. The lowest BCUT2D eigenvalue weighted by Crippen LogP contribution is -2.37. The molecule has 1 atom stereocenters. The van der Waals surface area contributed by atoms with E-state index in [9.17, 15) is 4.79 Å². The highest BCUT2D eigenvalue weighted by molar-refractivity contribution is 6.32. The second kappa shape index (κ2) is 7.71. The zero-order valence-corrected chi connectivity index (χ0v) is 15.4. The van der Waals surface area contributed by atoms with Gasteiger partial charge in [-0.2, -0.15) is 0 Å². The maximum Gasteiger partial charge on any atom is 0.251 e. The van der Waals surface area contributed by atoms with Crippen molar-refractivity contribution in [2.75, 3.05) is 7.11 Å². The van der Waals surface area contributed by atoms with Gasteiger partial charge in [-0.05, 0) is 42.5 Å². The van der Waals surface area contributed by atoms with E-state index in [1.165, 1.54) is 5.56 Å². The van der Waals surface area contributed by atoms with Crippen molar-refractivity contribution < 1.29 is 9.53 Å². The van der Waals surface area contributed by atoms with E-state index in [1.807, 2.05) is 25.1 Å². The Morgan fingerprint density at radius 1 is 1.21 bits per heavy atom. The van der Waals surface area contributed by atoms with E-state index in [4.69, 9.17) is 16.3 Å². The van der Waals surface area contributed by atoms with Crippen molar-refractivity contribution in [2.24, 2.45) is 0 Å². The van der Waals surface area contributed by atoms with Gasteiger partial charge in [-0.1, -0.05) is 55.8 Å². The summed E-state index contributed by atoms with van der Waals surface area (Å²) in [5.74, 6) is 0.433. The molecule has 3 nitrogen and oxygen atoms in total. The van der Waals surface area contributed by atoms with E-state index >= 15 is 0 Å². The van der Waals surface area contributed by atoms with Crippen molar-refractivity contribution >= 4 is 17.5 Å². The summed E-state index contributed by atoms with van der Waals surface area (Å²) in [5, 5.41) is 3.48. The van der Waals surface area contributed by atoms with E-state index < -0.39 is 0 Å². The summed E-state index contributed by atoms with van der Waals surface area (Å²) in [5.41, 5.74) is 1.77. The maximum atomic E-state index is 12.4. The molecule has 2 aromatic rings. The Kier molecular flexibility index (Phi) is 5.89. The standard InChI is InChI=1S/C20H24ClNO2/c1-14(13-20(2,3)16-8-6-5-7-9-16)22-19(23)15-10-11-18(24-4)17(21)12-15/h5-12,14H,13H2,1-4H3,(H,22,23)/t14-/m0/s1. The van der Waals surface area contributed by atoms with E-state index in [1.54, 1.807) is 25.3 Å². The molecule has 1 amide bonds. The SMILES string of the molecule is COc1ccc(C(=O)N[C@@H](C)CC(C)(C)c2ccccc2)cc1Cl. The van der Waals surface area contributed by atoms with Crippen LogP contribution in [0.2, 0.25) is 5.02 Å². The molecule has 2 aromatic carbocycles. The van der Waals surface area contributed by atoms with Crippen molar-refractivity contribution in [2.45, 2.75) is 38.6 Å². The summed E-state index contributed by atoms with van der Waals surface area (Å²) in [7, 11) is 1.55. The van der Waals surface area contributed by atoms with Crippen molar-refractivity contribution in [3.8, 4) is 5.75 Å². The van der Waals surface area contributed by atoms with Crippen LogP contribution >= 0.6 is 11.6 Å². The Balaban J connectivity index is 2.02. The number of hydrogen-bond acceptors (Lipinski definition) is 2. The van der Waals surface area contributed by atoms with Gasteiger partial charge >= 0.3 is 0 Å². The Morgan fingerprint density at radius 3 is 2.46 bits per heavy atom. The quantitative estimate of drug-likeness (QED) is 0.813. The normalized spacial score (nSPS) is 12.5. The number of carbonyl (C=O) groups excluding carboxylic acids is 1. The third-order valence-corrected chi connectivity index (χ3v) is 4.46. The van der Waals surface area contributed by atoms with Gasteiger partial charge in [0.1, 0.15) is 5.75 Å². The first-order valence-corrected chi connectivity index (χ1v) is 8.41. The summed E-state index contributed by atoms with van der Waals surface area (Å²) in [6.45, 7) is 6.40. The minimum atomic E-state index is -0.129. The van der Waals surface area contributed by atoms with Crippen molar-refractivity contribution in [3.05, 3.63) is 64.7 Å². The molecule has 0 saturated carbocycles. The highest BCUT2D eigenvalue weighted by Crippen LogP contribution is 2.28. The maximum absolute atomic E-state index is 12.4. The van der Waals surface area contributed by atoms with Crippen molar-refractivity contribution in [3.63, 3.8) is 0 Å². The third kappa shape index (κ3) is 4.51. The third-order valence-electron chi connectivity index (χ3n) is 4.16. The van der Waals surface area contributed by atoms with Crippen LogP contribution in [0, 0.1) is 0 Å². The van der Waals surface area contributed by atoms with Gasteiger partial charge in [-0.3, -0.25) is 4.79 Å². The molecule has 24 heavy (non-hydrogen) atoms. The number of carbonyl (C=O) groups is 1. The van der Waals surface area contributed by atoms with Gasteiger partial charge in [0.25, 0.3) is 5.91 Å². The number of hydrogen-bond donors (Lipinski definition) is 1. The molecule has 0 saturated heterocycles. The van der Waals surface area contributed by atoms with Gasteiger partial charge in [-0.15, -0.1) is 0 Å². The monoisotopic (exact) mass is 345 g/mol. The van der Waals surface area contributed by atoms with Crippen LogP contribution in [0.3, 0.4) is 0 Å². The zero-order valence-electron chi connectivity index (χ0n) is 14.6. The molecule has 2 rings (SSSR count). The lowest BCUT2D eigenvalue weighted by atomic mass is 9.79. The lowest BCUT2D eigenvalue weighted by Gasteiger charge is -2.29. The molecule has 1 N–H and O–H groups in total. The zero-order chi connectivity index (χ0) is 17.7. The van der Waals surface area contributed by atoms with Crippen molar-refractivity contribution in [1.29, 1.82) is 0 Å². The predicted octanol–water partition coefficient (Wildman–Crippen LogP) is 4.83. The van der Waals surface area contributed by atoms with Crippen LogP contribution in [0.15, 0.2) is 48.5 Å². The minimum absolute atomic E-state index is 0.0223. The molecular formula is C20H24ClNO2. The fourth-order valence-corrected chi connectivity index (χ4v) is 3.20. The van der Waals surface area contributed by atoms with Crippen LogP contribution < -0.4 is 10.1 Å². The van der Waals surface area contributed by atoms with Gasteiger partial charge < -0.3 is 10.1 Å². The molecule has 0 radical (unpaired) electrons. The summed E-state index contributed by atoms with van der Waals surface area (Å²) < 4.78 is 5.11. The number of amides is 1. The van der Waals surface area contributed by atoms with E-state index in [-0.39, 0.29) is 17.4 Å². The van der Waals surface area contributed by atoms with E-state index in [2.05, 4.69) is 31.3 Å². The molecule has 0 aliphatic rings. The summed E-state index contributed by atoms with van der Waals surface area (Å²) in [4.78, 5) is 12.4. The number of nitrogens with one attached hydrogen (secondary N) is 1.